The predicted octanol–water partition coefficient (Wildman–Crippen LogP) is 1.64. The number of nitrogens with zero attached hydrogens (tertiary/aromatic N) is 5. The zero-order valence-corrected chi connectivity index (χ0v) is 12.1. The zero-order valence-electron chi connectivity index (χ0n) is 11.3. The lowest BCUT2D eigenvalue weighted by atomic mass is 10.1. The fraction of sp³-hybridized carbons (Fsp3) is 0.500. The minimum absolute atomic E-state index is 0.174. The maximum Gasteiger partial charge on any atom is 0.208 e. The highest BCUT2D eigenvalue weighted by atomic mass is 32.1. The summed E-state index contributed by atoms with van der Waals surface area (Å²) in [6, 6.07) is 0.174. The Kier molecular flexibility index (Phi) is 3.47. The topological polar surface area (TPSA) is 66.8 Å². The molecule has 1 aliphatic heterocycles. The van der Waals surface area contributed by atoms with Gasteiger partial charge in [-0.3, -0.25) is 0 Å². The summed E-state index contributed by atoms with van der Waals surface area (Å²) >= 11 is 1.57. The van der Waals surface area contributed by atoms with Gasteiger partial charge in [-0.2, -0.15) is 0 Å². The highest BCUT2D eigenvalue weighted by Crippen LogP contribution is 2.26. The first-order valence-corrected chi connectivity index (χ1v) is 7.30. The van der Waals surface area contributed by atoms with Gasteiger partial charge in [-0.15, -0.1) is 10.2 Å². The molecule has 8 heteroatoms. The van der Waals surface area contributed by atoms with E-state index in [4.69, 9.17) is 0 Å². The molecule has 3 heterocycles. The number of anilines is 2. The van der Waals surface area contributed by atoms with Gasteiger partial charge in [0.1, 0.15) is 11.3 Å². The van der Waals surface area contributed by atoms with Crippen LogP contribution in [-0.4, -0.2) is 39.3 Å². The van der Waals surface area contributed by atoms with Gasteiger partial charge in [0.05, 0.1) is 11.7 Å². The van der Waals surface area contributed by atoms with Gasteiger partial charge in [0.15, 0.2) is 11.6 Å². The van der Waals surface area contributed by atoms with Crippen molar-refractivity contribution < 1.29 is 4.39 Å². The van der Waals surface area contributed by atoms with Crippen molar-refractivity contribution in [2.45, 2.75) is 26.3 Å². The lowest BCUT2D eigenvalue weighted by Crippen LogP contribution is -2.55. The van der Waals surface area contributed by atoms with Gasteiger partial charge in [-0.25, -0.2) is 14.4 Å². The Bertz CT molecular complexity index is 610. The van der Waals surface area contributed by atoms with Crippen LogP contribution in [0.25, 0.3) is 0 Å². The first-order valence-electron chi connectivity index (χ1n) is 6.48. The first kappa shape index (κ1) is 13.2. The van der Waals surface area contributed by atoms with E-state index in [2.05, 4.69) is 30.4 Å². The maximum absolute atomic E-state index is 14.0. The minimum atomic E-state index is -0.347. The smallest absolute Gasteiger partial charge is 0.208 e. The Balaban J connectivity index is 1.61. The Morgan fingerprint density at radius 1 is 1.40 bits per heavy atom. The molecule has 3 rings (SSSR count). The lowest BCUT2D eigenvalue weighted by Gasteiger charge is -2.39. The van der Waals surface area contributed by atoms with E-state index in [1.54, 1.807) is 11.3 Å². The van der Waals surface area contributed by atoms with Crippen molar-refractivity contribution in [1.82, 2.24) is 20.2 Å². The molecule has 0 radical (unpaired) electrons. The van der Waals surface area contributed by atoms with Crippen molar-refractivity contribution in [3.8, 4) is 0 Å². The summed E-state index contributed by atoms with van der Waals surface area (Å²) in [5.41, 5.74) is 0.443. The molecule has 2 aromatic rings. The SMILES string of the molecule is CCc1ncnc(NC2CN(c3nnc(C)s3)C2)c1F. The second kappa shape index (κ2) is 5.28. The molecule has 1 aliphatic rings. The van der Waals surface area contributed by atoms with E-state index < -0.39 is 0 Å². The van der Waals surface area contributed by atoms with Crippen molar-refractivity contribution in [2.24, 2.45) is 0 Å². The number of halogens is 1. The van der Waals surface area contributed by atoms with Crippen LogP contribution >= 0.6 is 11.3 Å². The summed E-state index contributed by atoms with van der Waals surface area (Å²) in [5, 5.41) is 13.1. The van der Waals surface area contributed by atoms with Crippen LogP contribution in [-0.2, 0) is 6.42 Å². The summed E-state index contributed by atoms with van der Waals surface area (Å²) in [5.74, 6) is -0.0600. The van der Waals surface area contributed by atoms with Crippen LogP contribution in [0.2, 0.25) is 0 Å². The summed E-state index contributed by atoms with van der Waals surface area (Å²) < 4.78 is 14.0. The normalized spacial score (nSPS) is 15.2. The highest BCUT2D eigenvalue weighted by Gasteiger charge is 2.30. The average molecular weight is 294 g/mol. The molecule has 0 saturated carbocycles. The van der Waals surface area contributed by atoms with Gasteiger partial charge in [0.2, 0.25) is 5.13 Å². The molecular weight excluding hydrogens is 279 g/mol. The number of aryl methyl sites for hydroxylation is 2. The van der Waals surface area contributed by atoms with Crippen LogP contribution < -0.4 is 10.2 Å². The van der Waals surface area contributed by atoms with Gasteiger partial charge in [-0.05, 0) is 13.3 Å². The molecule has 0 amide bonds. The van der Waals surface area contributed by atoms with Gasteiger partial charge in [0.25, 0.3) is 0 Å². The Morgan fingerprint density at radius 2 is 2.20 bits per heavy atom. The lowest BCUT2D eigenvalue weighted by molar-refractivity contribution is 0.534. The maximum atomic E-state index is 14.0. The molecule has 0 aliphatic carbocycles. The third-order valence-corrected chi connectivity index (χ3v) is 4.10. The standard InChI is InChI=1S/C12H15FN6S/c1-3-9-10(13)11(15-6-14-9)16-8-4-19(5-8)12-18-17-7(2)20-12/h6,8H,3-5H2,1-2H3,(H,14,15,16). The molecule has 1 N–H and O–H groups in total. The molecule has 6 nitrogen and oxygen atoms in total. The number of aromatic nitrogens is 4. The Labute approximate surface area is 120 Å². The molecular formula is C12H15FN6S. The second-order valence-electron chi connectivity index (χ2n) is 4.69. The first-order chi connectivity index (χ1) is 9.67. The zero-order chi connectivity index (χ0) is 14.1. The summed E-state index contributed by atoms with van der Waals surface area (Å²) in [7, 11) is 0. The van der Waals surface area contributed by atoms with Crippen LogP contribution in [0.3, 0.4) is 0 Å². The van der Waals surface area contributed by atoms with Gasteiger partial charge < -0.3 is 10.2 Å². The molecule has 1 saturated heterocycles. The van der Waals surface area contributed by atoms with Crippen molar-refractivity contribution in [3.05, 3.63) is 22.8 Å². The molecule has 106 valence electrons. The summed E-state index contributed by atoms with van der Waals surface area (Å²) in [6.07, 6.45) is 1.96. The quantitative estimate of drug-likeness (QED) is 0.924. The van der Waals surface area contributed by atoms with Crippen LogP contribution in [0.1, 0.15) is 17.6 Å². The fourth-order valence-corrected chi connectivity index (χ4v) is 2.79. The van der Waals surface area contributed by atoms with Crippen molar-refractivity contribution in [1.29, 1.82) is 0 Å². The molecule has 1 fully saturated rings. The second-order valence-corrected chi connectivity index (χ2v) is 5.85. The molecule has 20 heavy (non-hydrogen) atoms. The molecule has 2 aromatic heterocycles. The van der Waals surface area contributed by atoms with Gasteiger partial charge in [-0.1, -0.05) is 18.3 Å². The van der Waals surface area contributed by atoms with Crippen molar-refractivity contribution >= 4 is 22.3 Å². The van der Waals surface area contributed by atoms with E-state index in [1.165, 1.54) is 6.33 Å². The van der Waals surface area contributed by atoms with Crippen molar-refractivity contribution in [2.75, 3.05) is 23.3 Å². The average Bonchev–Trinajstić information content (AvgIpc) is 2.81. The number of nitrogens with one attached hydrogen (secondary N) is 1. The van der Waals surface area contributed by atoms with Crippen molar-refractivity contribution in [3.63, 3.8) is 0 Å². The number of rotatable bonds is 4. The van der Waals surface area contributed by atoms with E-state index in [-0.39, 0.29) is 17.7 Å². The number of hydrogen-bond acceptors (Lipinski definition) is 7. The van der Waals surface area contributed by atoms with Crippen LogP contribution in [0.4, 0.5) is 15.3 Å². The van der Waals surface area contributed by atoms with E-state index in [0.29, 0.717) is 12.1 Å². The molecule has 0 bridgehead atoms. The minimum Gasteiger partial charge on any atom is -0.361 e. The third-order valence-electron chi connectivity index (χ3n) is 3.20. The van der Waals surface area contributed by atoms with Crippen LogP contribution in [0.15, 0.2) is 6.33 Å². The van der Waals surface area contributed by atoms with E-state index >= 15 is 0 Å². The Morgan fingerprint density at radius 3 is 2.85 bits per heavy atom. The third kappa shape index (κ3) is 2.43. The van der Waals surface area contributed by atoms with E-state index in [0.717, 1.165) is 23.2 Å². The molecule has 0 aromatic carbocycles. The fourth-order valence-electron chi connectivity index (χ4n) is 2.09. The van der Waals surface area contributed by atoms with Crippen LogP contribution in [0.5, 0.6) is 0 Å². The molecule has 0 unspecified atom stereocenters. The van der Waals surface area contributed by atoms with E-state index in [9.17, 15) is 4.39 Å². The monoisotopic (exact) mass is 294 g/mol. The summed E-state index contributed by atoms with van der Waals surface area (Å²) in [6.45, 7) is 5.36. The van der Waals surface area contributed by atoms with Gasteiger partial charge >= 0.3 is 0 Å². The Hall–Kier alpha value is -1.83. The van der Waals surface area contributed by atoms with Gasteiger partial charge in [0, 0.05) is 13.1 Å². The number of hydrogen-bond donors (Lipinski definition) is 1. The van der Waals surface area contributed by atoms with Crippen LogP contribution in [0, 0.1) is 12.7 Å². The largest absolute Gasteiger partial charge is 0.361 e. The summed E-state index contributed by atoms with van der Waals surface area (Å²) in [4.78, 5) is 10.0. The van der Waals surface area contributed by atoms with E-state index in [1.807, 2.05) is 13.8 Å². The molecule has 0 spiro atoms. The molecule has 0 atom stereocenters. The highest BCUT2D eigenvalue weighted by molar-refractivity contribution is 7.15. The predicted molar refractivity (Wildman–Crippen MR) is 75.6 cm³/mol.